The van der Waals surface area contributed by atoms with Crippen LogP contribution in [-0.2, 0) is 4.79 Å². The molecule has 1 aromatic carbocycles. The van der Waals surface area contributed by atoms with Crippen molar-refractivity contribution in [1.82, 2.24) is 10.3 Å². The third-order valence-electron chi connectivity index (χ3n) is 4.44. The first-order valence-electron chi connectivity index (χ1n) is 8.20. The van der Waals surface area contributed by atoms with E-state index in [0.29, 0.717) is 30.8 Å². The highest BCUT2D eigenvalue weighted by Crippen LogP contribution is 2.33. The van der Waals surface area contributed by atoms with Gasteiger partial charge in [0.15, 0.2) is 0 Å². The first-order valence-corrected chi connectivity index (χ1v) is 8.20. The molecule has 0 aromatic heterocycles. The molecule has 1 heterocycles. The predicted molar refractivity (Wildman–Crippen MR) is 90.9 cm³/mol. The van der Waals surface area contributed by atoms with Crippen LogP contribution in [0.5, 0.6) is 5.75 Å². The molecule has 1 aromatic rings. The third kappa shape index (κ3) is 3.04. The molecule has 0 unspecified atom stereocenters. The van der Waals surface area contributed by atoms with Crippen LogP contribution in [-0.4, -0.2) is 35.3 Å². The Morgan fingerprint density at radius 1 is 1.25 bits per heavy atom. The number of para-hydroxylation sites is 1. The van der Waals surface area contributed by atoms with Crippen molar-refractivity contribution in [2.75, 3.05) is 6.61 Å². The fourth-order valence-corrected chi connectivity index (χ4v) is 3.19. The highest BCUT2D eigenvalue weighted by molar-refractivity contribution is 6.07. The molecule has 2 fully saturated rings. The summed E-state index contributed by atoms with van der Waals surface area (Å²) >= 11 is 0. The van der Waals surface area contributed by atoms with E-state index >= 15 is 0 Å². The van der Waals surface area contributed by atoms with Gasteiger partial charge in [0, 0.05) is 5.56 Å². The summed E-state index contributed by atoms with van der Waals surface area (Å²) in [6.45, 7) is 3.99. The van der Waals surface area contributed by atoms with Crippen molar-refractivity contribution in [3.8, 4) is 5.75 Å². The van der Waals surface area contributed by atoms with E-state index in [9.17, 15) is 9.59 Å². The Bertz CT molecular complexity index is 678. The highest BCUT2D eigenvalue weighted by Gasteiger charge is 2.51. The smallest absolute Gasteiger partial charge is 0.346 e. The second kappa shape index (κ2) is 6.86. The van der Waals surface area contributed by atoms with Gasteiger partial charge in [-0.1, -0.05) is 44.1 Å². The van der Waals surface area contributed by atoms with Gasteiger partial charge >= 0.3 is 6.03 Å². The van der Waals surface area contributed by atoms with Crippen LogP contribution in [0.2, 0.25) is 0 Å². The van der Waals surface area contributed by atoms with E-state index in [2.05, 4.69) is 17.0 Å². The summed E-state index contributed by atoms with van der Waals surface area (Å²) in [5.41, 5.74) is -0.0597. The summed E-state index contributed by atoms with van der Waals surface area (Å²) in [5, 5.41) is 7.89. The summed E-state index contributed by atoms with van der Waals surface area (Å²) in [4.78, 5) is 24.8. The zero-order valence-corrected chi connectivity index (χ0v) is 13.5. The Kier molecular flexibility index (Phi) is 4.64. The molecule has 1 saturated carbocycles. The van der Waals surface area contributed by atoms with Crippen LogP contribution < -0.4 is 10.1 Å². The molecule has 126 valence electrons. The van der Waals surface area contributed by atoms with Gasteiger partial charge in [0.2, 0.25) is 0 Å². The summed E-state index contributed by atoms with van der Waals surface area (Å²) in [6, 6.07) is 6.86. The van der Waals surface area contributed by atoms with Crippen molar-refractivity contribution in [3.05, 3.63) is 42.5 Å². The van der Waals surface area contributed by atoms with Gasteiger partial charge in [-0.15, -0.1) is 5.01 Å². The first kappa shape index (κ1) is 16.2. The molecular formula is C18H21N3O3. The molecule has 1 spiro atoms. The van der Waals surface area contributed by atoms with Crippen LogP contribution in [0, 0.1) is 0 Å². The van der Waals surface area contributed by atoms with Gasteiger partial charge in [0.1, 0.15) is 17.9 Å². The van der Waals surface area contributed by atoms with E-state index in [-0.39, 0.29) is 5.91 Å². The van der Waals surface area contributed by atoms with Gasteiger partial charge in [0.05, 0.1) is 6.21 Å². The first-order chi connectivity index (χ1) is 11.7. The second-order valence-corrected chi connectivity index (χ2v) is 6.07. The van der Waals surface area contributed by atoms with E-state index in [1.165, 1.54) is 6.21 Å². The number of nitrogens with zero attached hydrogens (tertiary/aromatic N) is 2. The molecule has 24 heavy (non-hydrogen) atoms. The van der Waals surface area contributed by atoms with Crippen molar-refractivity contribution >= 4 is 18.2 Å². The topological polar surface area (TPSA) is 71.0 Å². The number of carbonyl (C=O) groups excluding carboxylic acids is 2. The lowest BCUT2D eigenvalue weighted by Crippen LogP contribution is -2.48. The molecule has 0 bridgehead atoms. The summed E-state index contributed by atoms with van der Waals surface area (Å²) in [7, 11) is 0. The number of imide groups is 1. The van der Waals surface area contributed by atoms with Gasteiger partial charge in [0.25, 0.3) is 5.91 Å². The SMILES string of the molecule is C=CCOc1ccccc1/C=N\N1C(=O)NC2(CCCCC2)C1=O. The predicted octanol–water partition coefficient (Wildman–Crippen LogP) is 2.84. The lowest BCUT2D eigenvalue weighted by atomic mass is 9.82. The Morgan fingerprint density at radius 3 is 2.75 bits per heavy atom. The molecular weight excluding hydrogens is 306 g/mol. The standard InChI is InChI=1S/C18H21N3O3/c1-2-12-24-15-9-5-4-8-14(15)13-19-21-16(22)18(20-17(21)23)10-6-3-7-11-18/h2,4-5,8-9,13H,1,3,6-7,10-12H2,(H,20,23)/b19-13-. The van der Waals surface area contributed by atoms with Gasteiger partial charge < -0.3 is 10.1 Å². The van der Waals surface area contributed by atoms with Crippen LogP contribution in [0.1, 0.15) is 37.7 Å². The largest absolute Gasteiger partial charge is 0.489 e. The number of urea groups is 1. The zero-order valence-electron chi connectivity index (χ0n) is 13.5. The fraction of sp³-hybridized carbons (Fsp3) is 0.389. The summed E-state index contributed by atoms with van der Waals surface area (Å²) in [6.07, 6.45) is 7.49. The van der Waals surface area contributed by atoms with Crippen LogP contribution >= 0.6 is 0 Å². The van der Waals surface area contributed by atoms with Gasteiger partial charge in [-0.2, -0.15) is 5.10 Å². The maximum atomic E-state index is 12.7. The van der Waals surface area contributed by atoms with Gasteiger partial charge in [-0.25, -0.2) is 4.79 Å². The lowest BCUT2D eigenvalue weighted by molar-refractivity contribution is -0.132. The number of hydrogen-bond donors (Lipinski definition) is 1. The van der Waals surface area contributed by atoms with Crippen LogP contribution in [0.4, 0.5) is 4.79 Å². The Morgan fingerprint density at radius 2 is 2.00 bits per heavy atom. The molecule has 3 amide bonds. The average Bonchev–Trinajstić information content (AvgIpc) is 2.82. The number of rotatable bonds is 5. The minimum atomic E-state index is -0.758. The lowest BCUT2D eigenvalue weighted by Gasteiger charge is -2.29. The van der Waals surface area contributed by atoms with E-state index in [0.717, 1.165) is 24.3 Å². The zero-order chi connectivity index (χ0) is 17.0. The van der Waals surface area contributed by atoms with Gasteiger partial charge in [-0.05, 0) is 25.0 Å². The van der Waals surface area contributed by atoms with E-state index < -0.39 is 11.6 Å². The summed E-state index contributed by atoms with van der Waals surface area (Å²) in [5.74, 6) is 0.369. The Balaban J connectivity index is 1.78. The number of benzene rings is 1. The van der Waals surface area contributed by atoms with Crippen LogP contribution in [0.25, 0.3) is 0 Å². The average molecular weight is 327 g/mol. The maximum Gasteiger partial charge on any atom is 0.346 e. The molecule has 3 rings (SSSR count). The second-order valence-electron chi connectivity index (χ2n) is 6.07. The number of ether oxygens (including phenoxy) is 1. The Labute approximate surface area is 141 Å². The van der Waals surface area contributed by atoms with E-state index in [1.54, 1.807) is 12.1 Å². The minimum absolute atomic E-state index is 0.257. The molecule has 1 aliphatic carbocycles. The van der Waals surface area contributed by atoms with Crippen LogP contribution in [0.15, 0.2) is 42.0 Å². The van der Waals surface area contributed by atoms with Crippen LogP contribution in [0.3, 0.4) is 0 Å². The number of amides is 3. The van der Waals surface area contributed by atoms with Crippen molar-refractivity contribution < 1.29 is 14.3 Å². The summed E-state index contributed by atoms with van der Waals surface area (Å²) < 4.78 is 5.55. The molecule has 6 nitrogen and oxygen atoms in total. The number of nitrogens with one attached hydrogen (secondary N) is 1. The molecule has 2 aliphatic rings. The van der Waals surface area contributed by atoms with Crippen molar-refractivity contribution in [2.24, 2.45) is 5.10 Å². The molecule has 1 aliphatic heterocycles. The quantitative estimate of drug-likeness (QED) is 0.513. The molecule has 1 N–H and O–H groups in total. The number of hydrogen-bond acceptors (Lipinski definition) is 4. The van der Waals surface area contributed by atoms with Crippen molar-refractivity contribution in [2.45, 2.75) is 37.6 Å². The van der Waals surface area contributed by atoms with E-state index in [1.807, 2.05) is 18.2 Å². The fourth-order valence-electron chi connectivity index (χ4n) is 3.19. The normalized spacial score (nSPS) is 19.8. The molecule has 6 heteroatoms. The third-order valence-corrected chi connectivity index (χ3v) is 4.44. The minimum Gasteiger partial charge on any atom is -0.489 e. The Hall–Kier alpha value is -2.63. The number of hydrazone groups is 1. The van der Waals surface area contributed by atoms with E-state index in [4.69, 9.17) is 4.74 Å². The highest BCUT2D eigenvalue weighted by atomic mass is 16.5. The number of carbonyl (C=O) groups is 2. The molecule has 0 radical (unpaired) electrons. The monoisotopic (exact) mass is 327 g/mol. The van der Waals surface area contributed by atoms with Gasteiger partial charge in [-0.3, -0.25) is 4.79 Å². The molecule has 0 atom stereocenters. The van der Waals surface area contributed by atoms with Crippen molar-refractivity contribution in [3.63, 3.8) is 0 Å². The van der Waals surface area contributed by atoms with Crippen molar-refractivity contribution in [1.29, 1.82) is 0 Å². The molecule has 1 saturated heterocycles. The maximum absolute atomic E-state index is 12.7.